The van der Waals surface area contributed by atoms with Crippen LogP contribution >= 0.6 is 0 Å². The molecular weight excluding hydrogens is 142 g/mol. The summed E-state index contributed by atoms with van der Waals surface area (Å²) in [6.45, 7) is 1.94. The number of methoxy groups -OCH3 is 1. The van der Waals surface area contributed by atoms with Gasteiger partial charge in [-0.25, -0.2) is 0 Å². The molecule has 62 valence electrons. The molecule has 11 heavy (non-hydrogen) atoms. The van der Waals surface area contributed by atoms with Gasteiger partial charge in [0.05, 0.1) is 13.2 Å². The lowest BCUT2D eigenvalue weighted by molar-refractivity contribution is -0.140. The van der Waals surface area contributed by atoms with Gasteiger partial charge in [0, 0.05) is 12.3 Å². The lowest BCUT2D eigenvalue weighted by atomic mass is 10.0. The molecule has 0 N–H and O–H groups in total. The van der Waals surface area contributed by atoms with Crippen LogP contribution < -0.4 is 0 Å². The Kier molecular flexibility index (Phi) is 5.18. The Morgan fingerprint density at radius 1 is 1.73 bits per heavy atom. The third kappa shape index (κ3) is 4.38. The number of rotatable bonds is 4. The van der Waals surface area contributed by atoms with E-state index < -0.39 is 0 Å². The number of hydrogen-bond acceptors (Lipinski definition) is 3. The average molecular weight is 155 g/mol. The third-order valence-corrected chi connectivity index (χ3v) is 1.60. The van der Waals surface area contributed by atoms with Crippen LogP contribution in [-0.4, -0.2) is 13.1 Å². The lowest BCUT2D eigenvalue weighted by Gasteiger charge is -2.02. The maximum absolute atomic E-state index is 10.6. The number of esters is 1. The Labute approximate surface area is 67.0 Å². The molecule has 0 aliphatic rings. The molecule has 0 spiro atoms. The van der Waals surface area contributed by atoms with Crippen molar-refractivity contribution < 1.29 is 9.53 Å². The van der Waals surface area contributed by atoms with Crippen LogP contribution in [0.2, 0.25) is 0 Å². The van der Waals surface area contributed by atoms with Gasteiger partial charge in [-0.15, -0.1) is 0 Å². The van der Waals surface area contributed by atoms with Crippen molar-refractivity contribution in [2.24, 2.45) is 5.92 Å². The highest BCUT2D eigenvalue weighted by molar-refractivity contribution is 5.69. The highest BCUT2D eigenvalue weighted by Gasteiger charge is 2.07. The summed E-state index contributed by atoms with van der Waals surface area (Å²) in [6, 6.07) is 2.12. The zero-order valence-electron chi connectivity index (χ0n) is 6.96. The molecule has 3 heteroatoms. The Hall–Kier alpha value is -1.04. The monoisotopic (exact) mass is 155 g/mol. The molecule has 3 nitrogen and oxygen atoms in total. The standard InChI is InChI=1S/C8H13NO2/c1-3-7(6-9)4-5-8(10)11-2/h7H,3-5H2,1-2H3. The molecule has 1 unspecified atom stereocenters. The summed E-state index contributed by atoms with van der Waals surface area (Å²) in [5, 5.41) is 8.51. The van der Waals surface area contributed by atoms with Gasteiger partial charge in [0.1, 0.15) is 0 Å². The maximum Gasteiger partial charge on any atom is 0.305 e. The molecule has 0 saturated carbocycles. The van der Waals surface area contributed by atoms with Gasteiger partial charge in [0.2, 0.25) is 0 Å². The number of nitrogens with zero attached hydrogens (tertiary/aromatic N) is 1. The first-order valence-electron chi connectivity index (χ1n) is 3.71. The summed E-state index contributed by atoms with van der Waals surface area (Å²) in [6.07, 6.45) is 1.76. The fourth-order valence-corrected chi connectivity index (χ4v) is 0.754. The van der Waals surface area contributed by atoms with Crippen LogP contribution in [0.3, 0.4) is 0 Å². The van der Waals surface area contributed by atoms with Gasteiger partial charge < -0.3 is 4.74 Å². The van der Waals surface area contributed by atoms with Crippen molar-refractivity contribution in [3.63, 3.8) is 0 Å². The van der Waals surface area contributed by atoms with Gasteiger partial charge in [0.15, 0.2) is 0 Å². The van der Waals surface area contributed by atoms with E-state index in [0.717, 1.165) is 6.42 Å². The van der Waals surface area contributed by atoms with Crippen molar-refractivity contribution in [3.8, 4) is 6.07 Å². The second kappa shape index (κ2) is 5.72. The van der Waals surface area contributed by atoms with E-state index in [4.69, 9.17) is 5.26 Å². The van der Waals surface area contributed by atoms with Crippen molar-refractivity contribution >= 4 is 5.97 Å². The first kappa shape index (κ1) is 9.96. The Morgan fingerprint density at radius 3 is 2.73 bits per heavy atom. The summed E-state index contributed by atoms with van der Waals surface area (Å²) in [5.74, 6) is -0.243. The van der Waals surface area contributed by atoms with Gasteiger partial charge >= 0.3 is 5.97 Å². The smallest absolute Gasteiger partial charge is 0.305 e. The normalized spacial score (nSPS) is 11.7. The molecule has 0 bridgehead atoms. The molecular formula is C8H13NO2. The summed E-state index contributed by atoms with van der Waals surface area (Å²) < 4.78 is 4.44. The third-order valence-electron chi connectivity index (χ3n) is 1.60. The number of carbonyl (C=O) groups is 1. The minimum absolute atomic E-state index is 0.00546. The molecule has 0 rings (SSSR count). The molecule has 0 aliphatic carbocycles. The lowest BCUT2D eigenvalue weighted by Crippen LogP contribution is -2.04. The van der Waals surface area contributed by atoms with Gasteiger partial charge in [-0.2, -0.15) is 5.26 Å². The molecule has 0 aromatic heterocycles. The van der Waals surface area contributed by atoms with Crippen LogP contribution in [0.5, 0.6) is 0 Å². The van der Waals surface area contributed by atoms with E-state index >= 15 is 0 Å². The molecule has 0 heterocycles. The molecule has 0 aliphatic heterocycles. The van der Waals surface area contributed by atoms with E-state index in [2.05, 4.69) is 10.8 Å². The first-order chi connectivity index (χ1) is 5.24. The molecule has 0 radical (unpaired) electrons. The molecule has 0 amide bonds. The zero-order chi connectivity index (χ0) is 8.69. The zero-order valence-corrected chi connectivity index (χ0v) is 6.96. The minimum Gasteiger partial charge on any atom is -0.469 e. The maximum atomic E-state index is 10.6. The molecule has 0 saturated heterocycles. The average Bonchev–Trinajstić information content (AvgIpc) is 2.06. The molecule has 0 aromatic rings. The van der Waals surface area contributed by atoms with Gasteiger partial charge in [0.25, 0.3) is 0 Å². The summed E-state index contributed by atoms with van der Waals surface area (Å²) >= 11 is 0. The van der Waals surface area contributed by atoms with Gasteiger partial charge in [-0.1, -0.05) is 6.92 Å². The van der Waals surface area contributed by atoms with Crippen LogP contribution in [0, 0.1) is 17.2 Å². The Balaban J connectivity index is 3.52. The quantitative estimate of drug-likeness (QED) is 0.578. The summed E-state index contributed by atoms with van der Waals surface area (Å²) in [5.41, 5.74) is 0. The van der Waals surface area contributed by atoms with Crippen LogP contribution in [0.25, 0.3) is 0 Å². The second-order valence-corrected chi connectivity index (χ2v) is 2.35. The fraction of sp³-hybridized carbons (Fsp3) is 0.750. The van der Waals surface area contributed by atoms with Crippen molar-refractivity contribution in [2.75, 3.05) is 7.11 Å². The Morgan fingerprint density at radius 2 is 2.36 bits per heavy atom. The van der Waals surface area contributed by atoms with E-state index in [9.17, 15) is 4.79 Å². The highest BCUT2D eigenvalue weighted by atomic mass is 16.5. The predicted octanol–water partition coefficient (Wildman–Crippen LogP) is 1.49. The number of nitriles is 1. The van der Waals surface area contributed by atoms with Crippen LogP contribution in [0.15, 0.2) is 0 Å². The van der Waals surface area contributed by atoms with Gasteiger partial charge in [-0.3, -0.25) is 4.79 Å². The van der Waals surface area contributed by atoms with E-state index in [0.29, 0.717) is 12.8 Å². The summed E-state index contributed by atoms with van der Waals surface area (Å²) in [4.78, 5) is 10.6. The van der Waals surface area contributed by atoms with Crippen molar-refractivity contribution in [3.05, 3.63) is 0 Å². The van der Waals surface area contributed by atoms with E-state index in [1.807, 2.05) is 6.92 Å². The SMILES string of the molecule is CCC(C#N)CCC(=O)OC. The van der Waals surface area contributed by atoms with E-state index in [1.54, 1.807) is 0 Å². The number of ether oxygens (including phenoxy) is 1. The molecule has 1 atom stereocenters. The number of carbonyl (C=O) groups excluding carboxylic acids is 1. The molecule has 0 fully saturated rings. The van der Waals surface area contributed by atoms with Crippen molar-refractivity contribution in [2.45, 2.75) is 26.2 Å². The Bertz CT molecular complexity index is 160. The summed E-state index contributed by atoms with van der Waals surface area (Å²) in [7, 11) is 1.36. The highest BCUT2D eigenvalue weighted by Crippen LogP contribution is 2.09. The topological polar surface area (TPSA) is 50.1 Å². The largest absolute Gasteiger partial charge is 0.469 e. The fourth-order valence-electron chi connectivity index (χ4n) is 0.754. The van der Waals surface area contributed by atoms with Crippen molar-refractivity contribution in [1.29, 1.82) is 5.26 Å². The van der Waals surface area contributed by atoms with E-state index in [1.165, 1.54) is 7.11 Å². The predicted molar refractivity (Wildman–Crippen MR) is 40.6 cm³/mol. The first-order valence-corrected chi connectivity index (χ1v) is 3.71. The van der Waals surface area contributed by atoms with Crippen molar-refractivity contribution in [1.82, 2.24) is 0 Å². The number of hydrogen-bond donors (Lipinski definition) is 0. The van der Waals surface area contributed by atoms with Gasteiger partial charge in [-0.05, 0) is 12.8 Å². The minimum atomic E-state index is -0.237. The second-order valence-electron chi connectivity index (χ2n) is 2.35. The van der Waals surface area contributed by atoms with E-state index in [-0.39, 0.29) is 11.9 Å². The molecule has 0 aromatic carbocycles. The van der Waals surface area contributed by atoms with Crippen LogP contribution in [0.4, 0.5) is 0 Å². The van der Waals surface area contributed by atoms with Crippen LogP contribution in [0.1, 0.15) is 26.2 Å². The van der Waals surface area contributed by atoms with Crippen LogP contribution in [-0.2, 0) is 9.53 Å².